The molecule has 0 unspecified atom stereocenters. The van der Waals surface area contributed by atoms with Crippen molar-refractivity contribution in [3.63, 3.8) is 0 Å². The second-order valence-corrected chi connectivity index (χ2v) is 5.98. The maximum atomic E-state index is 5.99. The zero-order valence-corrected chi connectivity index (χ0v) is 14.4. The van der Waals surface area contributed by atoms with Gasteiger partial charge in [-0.3, -0.25) is 4.57 Å². The summed E-state index contributed by atoms with van der Waals surface area (Å²) in [6, 6.07) is 17.8. The van der Waals surface area contributed by atoms with Gasteiger partial charge in [-0.1, -0.05) is 29.8 Å². The van der Waals surface area contributed by atoms with E-state index >= 15 is 0 Å². The maximum Gasteiger partial charge on any atom is 0.170 e. The second-order valence-electron chi connectivity index (χ2n) is 5.54. The molecule has 124 valence electrons. The Morgan fingerprint density at radius 1 is 0.960 bits per heavy atom. The van der Waals surface area contributed by atoms with Crippen LogP contribution in [0.1, 0.15) is 6.92 Å². The van der Waals surface area contributed by atoms with Gasteiger partial charge in [0.25, 0.3) is 0 Å². The van der Waals surface area contributed by atoms with E-state index < -0.39 is 0 Å². The fraction of sp³-hybridized carbons (Fsp3) is 0.105. The molecular formula is C19H16ClN5. The van der Waals surface area contributed by atoms with Gasteiger partial charge < -0.3 is 4.90 Å². The van der Waals surface area contributed by atoms with Crippen LogP contribution in [0, 0.1) is 0 Å². The number of hydrogen-bond acceptors (Lipinski definition) is 4. The summed E-state index contributed by atoms with van der Waals surface area (Å²) < 4.78 is 1.94. The summed E-state index contributed by atoms with van der Waals surface area (Å²) in [5, 5.41) is 0.699. The molecule has 0 aliphatic rings. The van der Waals surface area contributed by atoms with Crippen LogP contribution < -0.4 is 4.90 Å². The van der Waals surface area contributed by atoms with Gasteiger partial charge in [-0.25, -0.2) is 15.0 Å². The highest BCUT2D eigenvalue weighted by molar-refractivity contribution is 6.30. The molecule has 0 bridgehead atoms. The van der Waals surface area contributed by atoms with E-state index in [1.165, 1.54) is 0 Å². The largest absolute Gasteiger partial charge is 0.325 e. The van der Waals surface area contributed by atoms with Gasteiger partial charge in [0, 0.05) is 22.9 Å². The lowest BCUT2D eigenvalue weighted by Crippen LogP contribution is -2.18. The highest BCUT2D eigenvalue weighted by Crippen LogP contribution is 2.29. The quantitative estimate of drug-likeness (QED) is 0.539. The summed E-state index contributed by atoms with van der Waals surface area (Å²) in [5.74, 6) is 0.798. The highest BCUT2D eigenvalue weighted by Gasteiger charge is 2.17. The Hall–Kier alpha value is -2.92. The summed E-state index contributed by atoms with van der Waals surface area (Å²) in [7, 11) is 0. The molecule has 0 spiro atoms. The molecule has 0 aliphatic carbocycles. The van der Waals surface area contributed by atoms with Crippen molar-refractivity contribution in [1.29, 1.82) is 0 Å². The number of rotatable bonds is 4. The third-order valence-corrected chi connectivity index (χ3v) is 4.31. The van der Waals surface area contributed by atoms with Crippen LogP contribution in [0.2, 0.25) is 5.02 Å². The van der Waals surface area contributed by atoms with Gasteiger partial charge in [0.2, 0.25) is 0 Å². The number of anilines is 2. The Morgan fingerprint density at radius 2 is 1.72 bits per heavy atom. The molecule has 4 rings (SSSR count). The minimum Gasteiger partial charge on any atom is -0.325 e. The van der Waals surface area contributed by atoms with Gasteiger partial charge in [-0.15, -0.1) is 0 Å². The maximum absolute atomic E-state index is 5.99. The van der Waals surface area contributed by atoms with Gasteiger partial charge >= 0.3 is 0 Å². The molecular weight excluding hydrogens is 334 g/mol. The Kier molecular flexibility index (Phi) is 4.07. The number of halogens is 1. The van der Waals surface area contributed by atoms with Crippen molar-refractivity contribution in [2.75, 3.05) is 11.4 Å². The molecule has 0 N–H and O–H groups in total. The Morgan fingerprint density at radius 3 is 2.44 bits per heavy atom. The summed E-state index contributed by atoms with van der Waals surface area (Å²) in [6.45, 7) is 2.88. The van der Waals surface area contributed by atoms with Crippen LogP contribution in [0.4, 0.5) is 11.5 Å². The van der Waals surface area contributed by atoms with Crippen molar-refractivity contribution in [2.24, 2.45) is 0 Å². The van der Waals surface area contributed by atoms with E-state index in [9.17, 15) is 0 Å². The number of imidazole rings is 1. The molecule has 2 aromatic carbocycles. The van der Waals surface area contributed by atoms with E-state index in [0.29, 0.717) is 5.02 Å². The molecule has 4 aromatic rings. The average molecular weight is 350 g/mol. The molecule has 0 atom stereocenters. The fourth-order valence-corrected chi connectivity index (χ4v) is 3.00. The molecule has 0 fully saturated rings. The number of benzene rings is 2. The number of aromatic nitrogens is 4. The molecule has 2 aromatic heterocycles. The third-order valence-electron chi connectivity index (χ3n) is 4.06. The highest BCUT2D eigenvalue weighted by atomic mass is 35.5. The van der Waals surface area contributed by atoms with Crippen LogP contribution in [0.15, 0.2) is 67.3 Å². The lowest BCUT2D eigenvalue weighted by atomic mass is 10.2. The van der Waals surface area contributed by atoms with Crippen LogP contribution in [0.3, 0.4) is 0 Å². The molecule has 2 heterocycles. The molecule has 25 heavy (non-hydrogen) atoms. The minimum atomic E-state index is 0.699. The van der Waals surface area contributed by atoms with Crippen molar-refractivity contribution in [3.05, 3.63) is 72.3 Å². The van der Waals surface area contributed by atoms with E-state index in [-0.39, 0.29) is 0 Å². The topological polar surface area (TPSA) is 46.8 Å². The Balaban J connectivity index is 1.85. The summed E-state index contributed by atoms with van der Waals surface area (Å²) in [5.41, 5.74) is 3.57. The first-order valence-electron chi connectivity index (χ1n) is 8.04. The van der Waals surface area contributed by atoms with Crippen molar-refractivity contribution < 1.29 is 0 Å². The predicted octanol–water partition coefficient (Wildman–Crippen LogP) is 4.63. The van der Waals surface area contributed by atoms with Gasteiger partial charge in [-0.05, 0) is 43.3 Å². The van der Waals surface area contributed by atoms with E-state index in [1.807, 2.05) is 47.0 Å². The lowest BCUT2D eigenvalue weighted by Gasteiger charge is -2.22. The monoisotopic (exact) mass is 349 g/mol. The molecule has 0 aliphatic heterocycles. The molecule has 0 radical (unpaired) electrons. The van der Waals surface area contributed by atoms with Gasteiger partial charge in [0.15, 0.2) is 17.0 Å². The van der Waals surface area contributed by atoms with Crippen molar-refractivity contribution in [3.8, 4) is 5.69 Å². The first-order valence-corrected chi connectivity index (χ1v) is 8.42. The number of nitrogens with zero attached hydrogens (tertiary/aromatic N) is 5. The van der Waals surface area contributed by atoms with Gasteiger partial charge in [0.1, 0.15) is 12.7 Å². The van der Waals surface area contributed by atoms with Crippen LogP contribution in [0.5, 0.6) is 0 Å². The zero-order valence-electron chi connectivity index (χ0n) is 13.7. The van der Waals surface area contributed by atoms with Crippen LogP contribution in [-0.2, 0) is 0 Å². The van der Waals surface area contributed by atoms with Crippen molar-refractivity contribution >= 4 is 34.3 Å². The Bertz CT molecular complexity index is 995. The van der Waals surface area contributed by atoms with E-state index in [4.69, 9.17) is 11.6 Å². The zero-order chi connectivity index (χ0) is 17.2. The standard InChI is InChI=1S/C19H16ClN5/c1-2-24(15-6-4-3-5-7-15)18-17-19(22-12-21-18)25(13-23-17)16-10-8-14(20)9-11-16/h3-13H,2H2,1H3. The first kappa shape index (κ1) is 15.6. The van der Waals surface area contributed by atoms with Crippen LogP contribution in [-0.4, -0.2) is 26.1 Å². The SMILES string of the molecule is CCN(c1ccccc1)c1ncnc2c1ncn2-c1ccc(Cl)cc1. The van der Waals surface area contributed by atoms with Crippen molar-refractivity contribution in [2.45, 2.75) is 6.92 Å². The normalized spacial score (nSPS) is 11.0. The number of para-hydroxylation sites is 1. The smallest absolute Gasteiger partial charge is 0.170 e. The van der Waals surface area contributed by atoms with E-state index in [1.54, 1.807) is 12.7 Å². The molecule has 0 saturated heterocycles. The third kappa shape index (κ3) is 2.83. The van der Waals surface area contributed by atoms with E-state index in [2.05, 4.69) is 38.9 Å². The molecule has 0 saturated carbocycles. The lowest BCUT2D eigenvalue weighted by molar-refractivity contribution is 0.984. The summed E-state index contributed by atoms with van der Waals surface area (Å²) >= 11 is 5.99. The summed E-state index contributed by atoms with van der Waals surface area (Å²) in [4.78, 5) is 15.6. The van der Waals surface area contributed by atoms with Gasteiger partial charge in [0.05, 0.1) is 0 Å². The Labute approximate surface area is 150 Å². The number of hydrogen-bond donors (Lipinski definition) is 0. The molecule has 6 heteroatoms. The van der Waals surface area contributed by atoms with Crippen LogP contribution >= 0.6 is 11.6 Å². The molecule has 0 amide bonds. The molecule has 5 nitrogen and oxygen atoms in total. The second kappa shape index (κ2) is 6.53. The van der Waals surface area contributed by atoms with E-state index in [0.717, 1.165) is 34.9 Å². The fourth-order valence-electron chi connectivity index (χ4n) is 2.87. The summed E-state index contributed by atoms with van der Waals surface area (Å²) in [6.07, 6.45) is 3.35. The minimum absolute atomic E-state index is 0.699. The van der Waals surface area contributed by atoms with Crippen LogP contribution in [0.25, 0.3) is 16.9 Å². The predicted molar refractivity (Wildman–Crippen MR) is 101 cm³/mol. The number of fused-ring (bicyclic) bond motifs is 1. The van der Waals surface area contributed by atoms with Gasteiger partial charge in [-0.2, -0.15) is 0 Å². The average Bonchev–Trinajstić information content (AvgIpc) is 3.09. The first-order chi connectivity index (χ1) is 12.3. The van der Waals surface area contributed by atoms with Crippen molar-refractivity contribution in [1.82, 2.24) is 19.5 Å².